The lowest BCUT2D eigenvalue weighted by atomic mass is 10.2. The maximum Gasteiger partial charge on any atom is 0.187 e. The normalized spacial score (nSPS) is 10.3. The van der Waals surface area contributed by atoms with Crippen LogP contribution in [0.2, 0.25) is 0 Å². The van der Waals surface area contributed by atoms with Crippen molar-refractivity contribution >= 4 is 23.5 Å². The molecule has 4 nitrogen and oxygen atoms in total. The van der Waals surface area contributed by atoms with Gasteiger partial charge in [-0.3, -0.25) is 5.43 Å². The average Bonchev–Trinajstić information content (AvgIpc) is 2.54. The van der Waals surface area contributed by atoms with Gasteiger partial charge in [-0.2, -0.15) is 5.10 Å². The summed E-state index contributed by atoms with van der Waals surface area (Å²) in [6.07, 6.45) is 1.68. The Morgan fingerprint density at radius 2 is 1.86 bits per heavy atom. The molecule has 2 aromatic carbocycles. The highest BCUT2D eigenvalue weighted by molar-refractivity contribution is 7.80. The van der Waals surface area contributed by atoms with E-state index in [9.17, 15) is 0 Å². The number of hydrogen-bond donors (Lipinski definition) is 2. The fourth-order valence-electron chi connectivity index (χ4n) is 1.75. The second-order valence-electron chi connectivity index (χ2n) is 4.28. The van der Waals surface area contributed by atoms with Crippen LogP contribution in [0.3, 0.4) is 0 Å². The number of rotatable bonds is 5. The molecule has 0 aliphatic heterocycles. The second kappa shape index (κ2) is 8.01. The van der Waals surface area contributed by atoms with Crippen LogP contribution in [0.4, 0.5) is 0 Å². The highest BCUT2D eigenvalue weighted by Crippen LogP contribution is 2.14. The molecule has 0 spiro atoms. The second-order valence-corrected chi connectivity index (χ2v) is 4.69. The van der Waals surface area contributed by atoms with Gasteiger partial charge >= 0.3 is 0 Å². The number of nitrogens with zero attached hydrogens (tertiary/aromatic N) is 1. The Hall–Kier alpha value is -2.40. The van der Waals surface area contributed by atoms with E-state index in [0.29, 0.717) is 11.7 Å². The number of thiocarbonyl (C=S) groups is 1. The Morgan fingerprint density at radius 1 is 1.14 bits per heavy atom. The lowest BCUT2D eigenvalue weighted by Crippen LogP contribution is -2.31. The summed E-state index contributed by atoms with van der Waals surface area (Å²) in [6, 6.07) is 17.7. The van der Waals surface area contributed by atoms with Crippen molar-refractivity contribution in [1.82, 2.24) is 10.7 Å². The first kappa shape index (κ1) is 15.0. The molecule has 5 heteroatoms. The molecule has 0 amide bonds. The number of nitrogens with one attached hydrogen (secondary N) is 2. The van der Waals surface area contributed by atoms with Gasteiger partial charge in [-0.05, 0) is 29.9 Å². The molecule has 0 aliphatic carbocycles. The van der Waals surface area contributed by atoms with Crippen molar-refractivity contribution in [3.05, 3.63) is 65.7 Å². The Labute approximate surface area is 129 Å². The van der Waals surface area contributed by atoms with Gasteiger partial charge < -0.3 is 10.1 Å². The van der Waals surface area contributed by atoms with E-state index >= 15 is 0 Å². The minimum Gasteiger partial charge on any atom is -0.496 e. The van der Waals surface area contributed by atoms with Crippen LogP contribution >= 0.6 is 12.2 Å². The Balaban J connectivity index is 1.82. The van der Waals surface area contributed by atoms with Gasteiger partial charge in [0.2, 0.25) is 0 Å². The minimum absolute atomic E-state index is 0.477. The summed E-state index contributed by atoms with van der Waals surface area (Å²) >= 11 is 5.16. The van der Waals surface area contributed by atoms with Crippen molar-refractivity contribution in [3.63, 3.8) is 0 Å². The molecule has 0 radical (unpaired) electrons. The molecule has 2 N–H and O–H groups in total. The van der Waals surface area contributed by atoms with E-state index in [1.807, 2.05) is 54.6 Å². The Bertz CT molecular complexity index is 614. The van der Waals surface area contributed by atoms with E-state index in [2.05, 4.69) is 15.8 Å². The summed E-state index contributed by atoms with van der Waals surface area (Å²) in [6.45, 7) is 0.664. The quantitative estimate of drug-likeness (QED) is 0.506. The smallest absolute Gasteiger partial charge is 0.187 e. The number of para-hydroxylation sites is 1. The first-order chi connectivity index (χ1) is 10.3. The van der Waals surface area contributed by atoms with Crippen LogP contribution < -0.4 is 15.5 Å². The Kier molecular flexibility index (Phi) is 5.72. The fraction of sp³-hybridized carbons (Fsp3) is 0.125. The van der Waals surface area contributed by atoms with Gasteiger partial charge in [0.1, 0.15) is 5.75 Å². The van der Waals surface area contributed by atoms with Gasteiger partial charge in [-0.15, -0.1) is 0 Å². The third-order valence-electron chi connectivity index (χ3n) is 2.80. The van der Waals surface area contributed by atoms with Crippen molar-refractivity contribution in [2.45, 2.75) is 6.54 Å². The molecule has 108 valence electrons. The molecule has 21 heavy (non-hydrogen) atoms. The van der Waals surface area contributed by atoms with Crippen molar-refractivity contribution < 1.29 is 4.74 Å². The highest BCUT2D eigenvalue weighted by atomic mass is 32.1. The largest absolute Gasteiger partial charge is 0.496 e. The molecule has 2 rings (SSSR count). The average molecular weight is 299 g/mol. The molecule has 2 aromatic rings. The third-order valence-corrected chi connectivity index (χ3v) is 3.04. The van der Waals surface area contributed by atoms with Crippen LogP contribution in [-0.4, -0.2) is 18.4 Å². The van der Waals surface area contributed by atoms with Crippen LogP contribution in [0.5, 0.6) is 5.75 Å². The van der Waals surface area contributed by atoms with Crippen LogP contribution in [0, 0.1) is 0 Å². The number of hydrogen-bond acceptors (Lipinski definition) is 3. The molecule has 0 bridgehead atoms. The van der Waals surface area contributed by atoms with Gasteiger partial charge in [0.05, 0.1) is 13.3 Å². The zero-order valence-corrected chi connectivity index (χ0v) is 12.6. The van der Waals surface area contributed by atoms with E-state index in [-0.39, 0.29) is 0 Å². The molecule has 0 fully saturated rings. The van der Waals surface area contributed by atoms with Gasteiger partial charge in [0, 0.05) is 12.1 Å². The summed E-state index contributed by atoms with van der Waals surface area (Å²) in [7, 11) is 1.63. The molecule has 0 saturated carbocycles. The first-order valence-corrected chi connectivity index (χ1v) is 6.94. The molecule has 0 unspecified atom stereocenters. The lowest BCUT2D eigenvalue weighted by Gasteiger charge is -2.07. The monoisotopic (exact) mass is 299 g/mol. The Morgan fingerprint density at radius 3 is 2.62 bits per heavy atom. The first-order valence-electron chi connectivity index (χ1n) is 6.53. The van der Waals surface area contributed by atoms with Gasteiger partial charge in [-0.25, -0.2) is 0 Å². The zero-order valence-electron chi connectivity index (χ0n) is 11.7. The molecular formula is C16H17N3OS. The summed E-state index contributed by atoms with van der Waals surface area (Å²) in [5.74, 6) is 0.770. The van der Waals surface area contributed by atoms with E-state index in [0.717, 1.165) is 16.9 Å². The van der Waals surface area contributed by atoms with E-state index < -0.39 is 0 Å². The van der Waals surface area contributed by atoms with Gasteiger partial charge in [0.25, 0.3) is 0 Å². The third kappa shape index (κ3) is 4.89. The van der Waals surface area contributed by atoms with Crippen molar-refractivity contribution in [2.75, 3.05) is 7.11 Å². The summed E-state index contributed by atoms with van der Waals surface area (Å²) in [5, 5.41) is 7.67. The molecule has 0 aromatic heterocycles. The van der Waals surface area contributed by atoms with Crippen LogP contribution in [-0.2, 0) is 6.54 Å². The van der Waals surface area contributed by atoms with Crippen molar-refractivity contribution in [2.24, 2.45) is 5.10 Å². The van der Waals surface area contributed by atoms with Crippen molar-refractivity contribution in [1.29, 1.82) is 0 Å². The maximum absolute atomic E-state index is 5.24. The lowest BCUT2D eigenvalue weighted by molar-refractivity contribution is 0.414. The fourth-order valence-corrected chi connectivity index (χ4v) is 1.88. The van der Waals surface area contributed by atoms with E-state index in [1.165, 1.54) is 0 Å². The summed E-state index contributed by atoms with van der Waals surface area (Å²) in [4.78, 5) is 0. The molecule has 0 atom stereocenters. The molecule has 0 saturated heterocycles. The number of methoxy groups -OCH3 is 1. The predicted molar refractivity (Wildman–Crippen MR) is 89.6 cm³/mol. The van der Waals surface area contributed by atoms with E-state index in [1.54, 1.807) is 13.3 Å². The highest BCUT2D eigenvalue weighted by Gasteiger charge is 1.98. The van der Waals surface area contributed by atoms with Crippen LogP contribution in [0.25, 0.3) is 0 Å². The van der Waals surface area contributed by atoms with Crippen molar-refractivity contribution in [3.8, 4) is 5.75 Å². The topological polar surface area (TPSA) is 45.6 Å². The summed E-state index contributed by atoms with van der Waals surface area (Å²) in [5.41, 5.74) is 4.84. The van der Waals surface area contributed by atoms with Crippen LogP contribution in [0.15, 0.2) is 59.7 Å². The molecule has 0 heterocycles. The zero-order chi connectivity index (χ0) is 14.9. The summed E-state index contributed by atoms with van der Waals surface area (Å²) < 4.78 is 5.24. The van der Waals surface area contributed by atoms with Gasteiger partial charge in [-0.1, -0.05) is 42.5 Å². The standard InChI is InChI=1S/C16H17N3OS/c1-20-15-10-6-5-9-14(15)12-18-19-16(21)17-11-13-7-3-2-4-8-13/h2-10,12H,11H2,1H3,(H2,17,19,21). The molecular weight excluding hydrogens is 282 g/mol. The number of hydrazone groups is 1. The number of ether oxygens (including phenoxy) is 1. The predicted octanol–water partition coefficient (Wildman–Crippen LogP) is 2.69. The SMILES string of the molecule is COc1ccccc1C=NNC(=S)NCc1ccccc1. The van der Waals surface area contributed by atoms with E-state index in [4.69, 9.17) is 17.0 Å². The van der Waals surface area contributed by atoms with Crippen LogP contribution in [0.1, 0.15) is 11.1 Å². The van der Waals surface area contributed by atoms with Gasteiger partial charge in [0.15, 0.2) is 5.11 Å². The molecule has 0 aliphatic rings. The number of benzene rings is 2. The maximum atomic E-state index is 5.24. The minimum atomic E-state index is 0.477.